The van der Waals surface area contributed by atoms with Crippen molar-refractivity contribution in [1.82, 2.24) is 10.3 Å². The van der Waals surface area contributed by atoms with Crippen molar-refractivity contribution in [2.24, 2.45) is 0 Å². The van der Waals surface area contributed by atoms with E-state index >= 15 is 0 Å². The van der Waals surface area contributed by atoms with Gasteiger partial charge in [-0.15, -0.1) is 0 Å². The Balaban J connectivity index is 2.34. The summed E-state index contributed by atoms with van der Waals surface area (Å²) in [6, 6.07) is 0.894. The first-order valence-corrected chi connectivity index (χ1v) is 5.99. The van der Waals surface area contributed by atoms with Crippen LogP contribution in [0.2, 0.25) is 0 Å². The highest BCUT2D eigenvalue weighted by atomic mass is 127. The van der Waals surface area contributed by atoms with Gasteiger partial charge in [-0.2, -0.15) is 13.2 Å². The molecule has 1 heterocycles. The summed E-state index contributed by atoms with van der Waals surface area (Å²) in [6.07, 6.45) is -1.92. The summed E-state index contributed by atoms with van der Waals surface area (Å²) >= 11 is 1.68. The van der Waals surface area contributed by atoms with Crippen LogP contribution in [0.3, 0.4) is 0 Å². The van der Waals surface area contributed by atoms with Crippen molar-refractivity contribution >= 4 is 28.5 Å². The lowest BCUT2D eigenvalue weighted by molar-refractivity contribution is -0.138. The molecule has 0 unspecified atom stereocenters. The molecule has 0 saturated heterocycles. The molecule has 7 heteroatoms. The number of hydrogen-bond acceptors (Lipinski definition) is 2. The molecule has 92 valence electrons. The molecule has 0 spiro atoms. The summed E-state index contributed by atoms with van der Waals surface area (Å²) in [7, 11) is 0. The molecule has 2 rings (SSSR count). The van der Waals surface area contributed by atoms with Crippen molar-refractivity contribution in [2.45, 2.75) is 25.1 Å². The van der Waals surface area contributed by atoms with Gasteiger partial charge >= 0.3 is 6.18 Å². The van der Waals surface area contributed by atoms with Gasteiger partial charge in [0.1, 0.15) is 3.70 Å². The minimum absolute atomic E-state index is 0.0165. The molecule has 1 N–H and O–H groups in total. The van der Waals surface area contributed by atoms with E-state index in [1.54, 1.807) is 22.6 Å². The molecule has 0 aromatic carbocycles. The molecule has 1 aliphatic rings. The highest BCUT2D eigenvalue weighted by molar-refractivity contribution is 14.1. The van der Waals surface area contributed by atoms with Gasteiger partial charge in [0.15, 0.2) is 0 Å². The molecular formula is C10H8F3IN2O. The molecule has 0 radical (unpaired) electrons. The second-order valence-electron chi connectivity index (χ2n) is 3.80. The van der Waals surface area contributed by atoms with E-state index in [9.17, 15) is 18.0 Å². The lowest BCUT2D eigenvalue weighted by Crippen LogP contribution is -2.28. The molecule has 0 bridgehead atoms. The number of hydrogen-bond donors (Lipinski definition) is 1. The largest absolute Gasteiger partial charge is 0.417 e. The van der Waals surface area contributed by atoms with Gasteiger partial charge in [-0.3, -0.25) is 4.79 Å². The smallest absolute Gasteiger partial charge is 0.349 e. The van der Waals surface area contributed by atoms with Gasteiger partial charge in [0.2, 0.25) is 0 Å². The van der Waals surface area contributed by atoms with E-state index in [2.05, 4.69) is 10.3 Å². The van der Waals surface area contributed by atoms with E-state index < -0.39 is 23.2 Å². The van der Waals surface area contributed by atoms with Crippen LogP contribution >= 0.6 is 22.6 Å². The van der Waals surface area contributed by atoms with E-state index in [-0.39, 0.29) is 9.74 Å². The number of amides is 1. The number of carbonyl (C=O) groups excluding carboxylic acids is 1. The van der Waals surface area contributed by atoms with Crippen LogP contribution < -0.4 is 5.32 Å². The van der Waals surface area contributed by atoms with Gasteiger partial charge in [-0.1, -0.05) is 0 Å². The van der Waals surface area contributed by atoms with Crippen LogP contribution in [0.5, 0.6) is 0 Å². The Labute approximate surface area is 109 Å². The van der Waals surface area contributed by atoms with E-state index in [0.717, 1.165) is 25.1 Å². The number of nitrogens with zero attached hydrogens (tertiary/aromatic N) is 1. The van der Waals surface area contributed by atoms with Crippen LogP contribution in [0.25, 0.3) is 0 Å². The summed E-state index contributed by atoms with van der Waals surface area (Å²) < 4.78 is 38.4. The maximum atomic E-state index is 12.7. The number of alkyl halides is 3. The van der Waals surface area contributed by atoms with E-state index in [0.29, 0.717) is 0 Å². The zero-order valence-corrected chi connectivity index (χ0v) is 10.7. The highest BCUT2D eigenvalue weighted by Crippen LogP contribution is 2.32. The standard InChI is InChI=1S/C10H8F3IN2O/c11-10(12,13)7-3-8(14)15-4-6(7)9(17)16-5-1-2-5/h3-5H,1-2H2,(H,16,17). The molecular weight excluding hydrogens is 348 g/mol. The number of halogens is 4. The Bertz CT molecular complexity index is 457. The van der Waals surface area contributed by atoms with E-state index in [1.807, 2.05) is 0 Å². The van der Waals surface area contributed by atoms with E-state index in [1.165, 1.54) is 0 Å². The first kappa shape index (κ1) is 12.6. The van der Waals surface area contributed by atoms with Crippen LogP contribution in [0.1, 0.15) is 28.8 Å². The van der Waals surface area contributed by atoms with Crippen molar-refractivity contribution in [1.29, 1.82) is 0 Å². The summed E-state index contributed by atoms with van der Waals surface area (Å²) in [6.45, 7) is 0. The van der Waals surface area contributed by atoms with Crippen LogP contribution in [0, 0.1) is 3.70 Å². The molecule has 1 saturated carbocycles. The SMILES string of the molecule is O=C(NC1CC1)c1cnc(I)cc1C(F)(F)F. The summed E-state index contributed by atoms with van der Waals surface area (Å²) in [4.78, 5) is 15.3. The number of aromatic nitrogens is 1. The molecule has 17 heavy (non-hydrogen) atoms. The minimum Gasteiger partial charge on any atom is -0.349 e. The van der Waals surface area contributed by atoms with Crippen molar-refractivity contribution in [3.8, 4) is 0 Å². The molecule has 3 nitrogen and oxygen atoms in total. The molecule has 1 aliphatic carbocycles. The van der Waals surface area contributed by atoms with Crippen molar-refractivity contribution in [2.75, 3.05) is 0 Å². The van der Waals surface area contributed by atoms with Crippen LogP contribution in [0.4, 0.5) is 13.2 Å². The van der Waals surface area contributed by atoms with Gasteiger partial charge < -0.3 is 5.32 Å². The molecule has 0 aliphatic heterocycles. The van der Waals surface area contributed by atoms with Crippen molar-refractivity contribution in [3.63, 3.8) is 0 Å². The number of carbonyl (C=O) groups is 1. The Morgan fingerprint density at radius 3 is 2.65 bits per heavy atom. The van der Waals surface area contributed by atoms with Gasteiger partial charge in [0, 0.05) is 12.2 Å². The third-order valence-electron chi connectivity index (χ3n) is 2.33. The third kappa shape index (κ3) is 3.08. The fourth-order valence-electron chi connectivity index (χ4n) is 1.34. The molecule has 0 atom stereocenters. The first-order valence-electron chi connectivity index (χ1n) is 4.91. The van der Waals surface area contributed by atoms with Gasteiger partial charge in [0.05, 0.1) is 11.1 Å². The van der Waals surface area contributed by atoms with Gasteiger partial charge in [-0.05, 0) is 41.5 Å². The number of nitrogens with one attached hydrogen (secondary N) is 1. The number of rotatable bonds is 2. The predicted molar refractivity (Wildman–Crippen MR) is 62.4 cm³/mol. The second kappa shape index (κ2) is 4.43. The summed E-state index contributed by atoms with van der Waals surface area (Å²) in [5, 5.41) is 2.52. The maximum Gasteiger partial charge on any atom is 0.417 e. The molecule has 1 aromatic heterocycles. The Kier molecular flexibility index (Phi) is 3.28. The second-order valence-corrected chi connectivity index (χ2v) is 4.90. The van der Waals surface area contributed by atoms with Crippen LogP contribution in [-0.4, -0.2) is 16.9 Å². The maximum absolute atomic E-state index is 12.7. The van der Waals surface area contributed by atoms with Crippen LogP contribution in [-0.2, 0) is 6.18 Å². The highest BCUT2D eigenvalue weighted by Gasteiger charge is 2.36. The lowest BCUT2D eigenvalue weighted by Gasteiger charge is -2.12. The van der Waals surface area contributed by atoms with Gasteiger partial charge in [0.25, 0.3) is 5.91 Å². The van der Waals surface area contributed by atoms with E-state index in [4.69, 9.17) is 0 Å². The fourth-order valence-corrected chi connectivity index (χ4v) is 1.79. The van der Waals surface area contributed by atoms with Gasteiger partial charge in [-0.25, -0.2) is 4.98 Å². The zero-order valence-electron chi connectivity index (χ0n) is 8.51. The van der Waals surface area contributed by atoms with Crippen molar-refractivity contribution in [3.05, 3.63) is 27.1 Å². The Morgan fingerprint density at radius 2 is 2.12 bits per heavy atom. The molecule has 1 fully saturated rings. The quantitative estimate of drug-likeness (QED) is 0.654. The average molecular weight is 356 g/mol. The lowest BCUT2D eigenvalue weighted by atomic mass is 10.1. The zero-order chi connectivity index (χ0) is 12.6. The monoisotopic (exact) mass is 356 g/mol. The predicted octanol–water partition coefficient (Wildman–Crippen LogP) is 2.60. The molecule has 1 amide bonds. The molecule has 1 aromatic rings. The average Bonchev–Trinajstić information content (AvgIpc) is 3.00. The topological polar surface area (TPSA) is 42.0 Å². The first-order chi connectivity index (χ1) is 7.88. The fraction of sp³-hybridized carbons (Fsp3) is 0.400. The van der Waals surface area contributed by atoms with Crippen molar-refractivity contribution < 1.29 is 18.0 Å². The normalized spacial score (nSPS) is 15.8. The number of pyridine rings is 1. The summed E-state index contributed by atoms with van der Waals surface area (Å²) in [5.41, 5.74) is -1.35. The Hall–Kier alpha value is -0.860. The van der Waals surface area contributed by atoms with Crippen LogP contribution in [0.15, 0.2) is 12.3 Å². The summed E-state index contributed by atoms with van der Waals surface area (Å²) in [5.74, 6) is -0.705. The third-order valence-corrected chi connectivity index (χ3v) is 2.92. The Morgan fingerprint density at radius 1 is 1.47 bits per heavy atom. The minimum atomic E-state index is -4.54.